The molecule has 0 bridgehead atoms. The number of ether oxygens (including phenoxy) is 1. The average Bonchev–Trinajstić information content (AvgIpc) is 3.06. The van der Waals surface area contributed by atoms with Gasteiger partial charge in [0, 0.05) is 25.0 Å². The van der Waals surface area contributed by atoms with Crippen LogP contribution < -0.4 is 4.74 Å². The van der Waals surface area contributed by atoms with E-state index in [1.807, 2.05) is 18.2 Å². The molecule has 0 aliphatic carbocycles. The third-order valence-electron chi connectivity index (χ3n) is 5.23. The molecule has 1 saturated heterocycles. The first-order chi connectivity index (χ1) is 12.4. The van der Waals surface area contributed by atoms with Crippen molar-refractivity contribution < 1.29 is 14.9 Å². The van der Waals surface area contributed by atoms with Crippen molar-refractivity contribution in [1.29, 1.82) is 0 Å². The lowest BCUT2D eigenvalue weighted by atomic mass is 9.78. The number of aliphatic hydroxyl groups is 2. The molecule has 0 saturated carbocycles. The highest BCUT2D eigenvalue weighted by Gasteiger charge is 2.23. The van der Waals surface area contributed by atoms with E-state index in [2.05, 4.69) is 55.1 Å². The van der Waals surface area contributed by atoms with Crippen LogP contribution >= 0.6 is 0 Å². The van der Waals surface area contributed by atoms with E-state index in [1.54, 1.807) is 0 Å². The molecule has 1 aliphatic heterocycles. The second-order valence-electron chi connectivity index (χ2n) is 7.68. The maximum absolute atomic E-state index is 10.1. The van der Waals surface area contributed by atoms with E-state index in [1.165, 1.54) is 11.1 Å². The summed E-state index contributed by atoms with van der Waals surface area (Å²) >= 11 is 0. The standard InChI is InChI=1S/C22H29NO3/c1-22(2,17-6-4-3-5-7-17)18-8-10-21(11-9-18)26-16-20(25)15-23-13-12-19(24)14-23/h3-11,19-20,24-25H,12-16H2,1-2H3. The van der Waals surface area contributed by atoms with Crippen molar-refractivity contribution in [2.24, 2.45) is 0 Å². The fourth-order valence-electron chi connectivity index (χ4n) is 3.51. The van der Waals surface area contributed by atoms with Crippen molar-refractivity contribution in [3.8, 4) is 5.75 Å². The zero-order valence-electron chi connectivity index (χ0n) is 15.6. The summed E-state index contributed by atoms with van der Waals surface area (Å²) in [5, 5.41) is 19.7. The zero-order chi connectivity index (χ0) is 18.6. The smallest absolute Gasteiger partial charge is 0.119 e. The zero-order valence-corrected chi connectivity index (χ0v) is 15.6. The summed E-state index contributed by atoms with van der Waals surface area (Å²) in [5.41, 5.74) is 2.43. The largest absolute Gasteiger partial charge is 0.491 e. The fraction of sp³-hybridized carbons (Fsp3) is 0.455. The summed E-state index contributed by atoms with van der Waals surface area (Å²) in [6, 6.07) is 18.6. The predicted octanol–water partition coefficient (Wildman–Crippen LogP) is 2.82. The van der Waals surface area contributed by atoms with Crippen molar-refractivity contribution in [2.75, 3.05) is 26.2 Å². The van der Waals surface area contributed by atoms with Crippen molar-refractivity contribution in [2.45, 2.75) is 37.9 Å². The van der Waals surface area contributed by atoms with Crippen LogP contribution in [0, 0.1) is 0 Å². The molecule has 2 aromatic rings. The lowest BCUT2D eigenvalue weighted by Crippen LogP contribution is -2.34. The minimum Gasteiger partial charge on any atom is -0.491 e. The Balaban J connectivity index is 1.54. The van der Waals surface area contributed by atoms with Crippen LogP contribution in [0.3, 0.4) is 0 Å². The van der Waals surface area contributed by atoms with Gasteiger partial charge in [0.25, 0.3) is 0 Å². The Morgan fingerprint density at radius 2 is 1.73 bits per heavy atom. The summed E-state index contributed by atoms with van der Waals surface area (Å²) < 4.78 is 5.74. The highest BCUT2D eigenvalue weighted by molar-refractivity contribution is 5.39. The van der Waals surface area contributed by atoms with Gasteiger partial charge in [0.15, 0.2) is 0 Å². The molecule has 2 aromatic carbocycles. The molecule has 4 heteroatoms. The Kier molecular flexibility index (Phi) is 5.97. The Morgan fingerprint density at radius 1 is 1.08 bits per heavy atom. The normalized spacial score (nSPS) is 19.5. The summed E-state index contributed by atoms with van der Waals surface area (Å²) in [5.74, 6) is 0.762. The molecule has 0 aromatic heterocycles. The van der Waals surface area contributed by atoms with Gasteiger partial charge < -0.3 is 14.9 Å². The van der Waals surface area contributed by atoms with Crippen LogP contribution in [0.5, 0.6) is 5.75 Å². The lowest BCUT2D eigenvalue weighted by molar-refractivity contribution is 0.0707. The number of benzene rings is 2. The highest BCUT2D eigenvalue weighted by atomic mass is 16.5. The number of β-amino-alcohol motifs (C(OH)–C–C–N with tert-alkyl or cyclic N) is 2. The number of aliphatic hydroxyl groups excluding tert-OH is 2. The first-order valence-electron chi connectivity index (χ1n) is 9.32. The monoisotopic (exact) mass is 355 g/mol. The summed E-state index contributed by atoms with van der Waals surface area (Å²) in [4.78, 5) is 2.07. The van der Waals surface area contributed by atoms with E-state index in [0.29, 0.717) is 13.1 Å². The third kappa shape index (κ3) is 4.64. The molecule has 3 rings (SSSR count). The van der Waals surface area contributed by atoms with E-state index in [-0.39, 0.29) is 18.1 Å². The third-order valence-corrected chi connectivity index (χ3v) is 5.23. The Labute approximate surface area is 156 Å². The first kappa shape index (κ1) is 18.9. The van der Waals surface area contributed by atoms with Gasteiger partial charge in [-0.25, -0.2) is 0 Å². The van der Waals surface area contributed by atoms with Gasteiger partial charge in [0.05, 0.1) is 6.10 Å². The second kappa shape index (κ2) is 8.21. The van der Waals surface area contributed by atoms with E-state index >= 15 is 0 Å². The van der Waals surface area contributed by atoms with Crippen LogP contribution in [0.2, 0.25) is 0 Å². The molecular formula is C22H29NO3. The molecule has 140 valence electrons. The van der Waals surface area contributed by atoms with Crippen LogP contribution in [0.25, 0.3) is 0 Å². The van der Waals surface area contributed by atoms with Crippen molar-refractivity contribution in [1.82, 2.24) is 4.90 Å². The van der Waals surface area contributed by atoms with Gasteiger partial charge in [-0.1, -0.05) is 56.3 Å². The van der Waals surface area contributed by atoms with E-state index in [9.17, 15) is 10.2 Å². The number of hydrogen-bond acceptors (Lipinski definition) is 4. The lowest BCUT2D eigenvalue weighted by Gasteiger charge is -2.26. The molecule has 2 N–H and O–H groups in total. The molecule has 0 amide bonds. The SMILES string of the molecule is CC(C)(c1ccccc1)c1ccc(OCC(O)CN2CCC(O)C2)cc1. The van der Waals surface area contributed by atoms with Gasteiger partial charge in [0.1, 0.15) is 18.5 Å². The van der Waals surface area contributed by atoms with Crippen LogP contribution in [-0.2, 0) is 5.41 Å². The minimum atomic E-state index is -0.555. The molecule has 0 radical (unpaired) electrons. The predicted molar refractivity (Wildman–Crippen MR) is 104 cm³/mol. The Morgan fingerprint density at radius 3 is 2.35 bits per heavy atom. The number of likely N-dealkylation sites (tertiary alicyclic amines) is 1. The number of nitrogens with zero attached hydrogens (tertiary/aromatic N) is 1. The van der Waals surface area contributed by atoms with Gasteiger partial charge in [0.2, 0.25) is 0 Å². The van der Waals surface area contributed by atoms with Crippen LogP contribution in [0.1, 0.15) is 31.4 Å². The van der Waals surface area contributed by atoms with Gasteiger partial charge in [-0.15, -0.1) is 0 Å². The molecule has 0 spiro atoms. The number of hydrogen-bond donors (Lipinski definition) is 2. The first-order valence-corrected chi connectivity index (χ1v) is 9.32. The van der Waals surface area contributed by atoms with Gasteiger partial charge in [-0.2, -0.15) is 0 Å². The average molecular weight is 355 g/mol. The van der Waals surface area contributed by atoms with Crippen LogP contribution in [0.15, 0.2) is 54.6 Å². The van der Waals surface area contributed by atoms with Crippen LogP contribution in [0.4, 0.5) is 0 Å². The fourth-order valence-corrected chi connectivity index (χ4v) is 3.51. The van der Waals surface area contributed by atoms with E-state index in [0.717, 1.165) is 18.7 Å². The topological polar surface area (TPSA) is 52.9 Å². The van der Waals surface area contributed by atoms with Gasteiger partial charge in [-0.05, 0) is 29.7 Å². The van der Waals surface area contributed by atoms with Gasteiger partial charge >= 0.3 is 0 Å². The quantitative estimate of drug-likeness (QED) is 0.802. The molecular weight excluding hydrogens is 326 g/mol. The maximum Gasteiger partial charge on any atom is 0.119 e. The molecule has 1 fully saturated rings. The van der Waals surface area contributed by atoms with Crippen LogP contribution in [-0.4, -0.2) is 53.6 Å². The van der Waals surface area contributed by atoms with E-state index < -0.39 is 6.10 Å². The molecule has 4 nitrogen and oxygen atoms in total. The molecule has 1 heterocycles. The minimum absolute atomic E-state index is 0.0735. The molecule has 2 unspecified atom stereocenters. The Bertz CT molecular complexity index is 684. The summed E-state index contributed by atoms with van der Waals surface area (Å²) in [6.07, 6.45) is -0.0314. The van der Waals surface area contributed by atoms with Crippen molar-refractivity contribution in [3.63, 3.8) is 0 Å². The van der Waals surface area contributed by atoms with Crippen molar-refractivity contribution in [3.05, 3.63) is 65.7 Å². The maximum atomic E-state index is 10.1. The molecule has 2 atom stereocenters. The summed E-state index contributed by atoms with van der Waals surface area (Å²) in [7, 11) is 0. The molecule has 26 heavy (non-hydrogen) atoms. The Hall–Kier alpha value is -1.88. The number of rotatable bonds is 7. The second-order valence-corrected chi connectivity index (χ2v) is 7.68. The highest BCUT2D eigenvalue weighted by Crippen LogP contribution is 2.32. The van der Waals surface area contributed by atoms with Gasteiger partial charge in [-0.3, -0.25) is 4.90 Å². The summed E-state index contributed by atoms with van der Waals surface area (Å²) in [6.45, 7) is 6.70. The molecule has 1 aliphatic rings. The van der Waals surface area contributed by atoms with E-state index in [4.69, 9.17) is 4.74 Å². The van der Waals surface area contributed by atoms with Crippen molar-refractivity contribution >= 4 is 0 Å².